The van der Waals surface area contributed by atoms with Crippen LogP contribution in [0, 0.1) is 0 Å². The number of carbonyl (C=O) groups is 3. The molecule has 10 heteroatoms. The van der Waals surface area contributed by atoms with Crippen LogP contribution in [0.4, 0.5) is 4.79 Å². The third-order valence-electron chi connectivity index (χ3n) is 7.15. The second-order valence-corrected chi connectivity index (χ2v) is 9.62. The fraction of sp³-hybridized carbons (Fsp3) is 0.429. The van der Waals surface area contributed by atoms with E-state index < -0.39 is 23.5 Å². The smallest absolute Gasteiger partial charge is 0.328 e. The van der Waals surface area contributed by atoms with E-state index in [4.69, 9.17) is 13.9 Å². The molecule has 10 nitrogen and oxygen atoms in total. The molecule has 0 radical (unpaired) electrons. The number of ether oxygens (including phenoxy) is 2. The molecule has 1 fully saturated rings. The third kappa shape index (κ3) is 4.49. The van der Waals surface area contributed by atoms with Crippen molar-refractivity contribution in [2.45, 2.75) is 57.7 Å². The Morgan fingerprint density at radius 2 is 1.89 bits per heavy atom. The molecule has 4 amide bonds. The van der Waals surface area contributed by atoms with Crippen LogP contribution in [0.25, 0.3) is 11.0 Å². The Morgan fingerprint density at radius 3 is 2.68 bits per heavy atom. The highest BCUT2D eigenvalue weighted by Gasteiger charge is 2.61. The van der Waals surface area contributed by atoms with E-state index in [1.807, 2.05) is 0 Å². The van der Waals surface area contributed by atoms with Crippen molar-refractivity contribution in [1.82, 2.24) is 20.1 Å². The van der Waals surface area contributed by atoms with Crippen molar-refractivity contribution in [3.63, 3.8) is 0 Å². The number of urea groups is 1. The quantitative estimate of drug-likeness (QED) is 0.276. The number of benzene rings is 1. The highest BCUT2D eigenvalue weighted by atomic mass is 16.5. The highest BCUT2D eigenvalue weighted by molar-refractivity contribution is 6.11. The van der Waals surface area contributed by atoms with Gasteiger partial charge < -0.3 is 13.9 Å². The lowest BCUT2D eigenvalue weighted by Gasteiger charge is -2.34. The molecular weight excluding hydrogens is 488 g/mol. The topological polar surface area (TPSA) is 114 Å². The molecule has 2 aliphatic heterocycles. The van der Waals surface area contributed by atoms with Crippen molar-refractivity contribution in [3.8, 4) is 5.75 Å². The number of amides is 4. The molecule has 5 rings (SSSR count). The molecule has 0 spiro atoms. The van der Waals surface area contributed by atoms with Gasteiger partial charge in [-0.25, -0.2) is 9.69 Å². The van der Waals surface area contributed by atoms with Crippen molar-refractivity contribution >= 4 is 28.8 Å². The molecule has 3 aromatic rings. The number of fused-ring (bicyclic) bond motifs is 2. The molecule has 1 saturated heterocycles. The minimum Gasteiger partial charge on any atom is -0.497 e. The predicted molar refractivity (Wildman–Crippen MR) is 138 cm³/mol. The van der Waals surface area contributed by atoms with E-state index >= 15 is 0 Å². The molecule has 200 valence electrons. The van der Waals surface area contributed by atoms with Crippen LogP contribution in [0.5, 0.6) is 5.75 Å². The molecule has 0 aliphatic carbocycles. The van der Waals surface area contributed by atoms with Crippen LogP contribution in [-0.4, -0.2) is 53.1 Å². The number of rotatable bonds is 12. The lowest BCUT2D eigenvalue weighted by molar-refractivity contribution is -0.142. The van der Waals surface area contributed by atoms with Gasteiger partial charge in [-0.15, -0.1) is 0 Å². The Bertz CT molecular complexity index is 1320. The average molecular weight is 521 g/mol. The maximum absolute atomic E-state index is 14.0. The van der Waals surface area contributed by atoms with Crippen LogP contribution in [0.15, 0.2) is 47.1 Å². The van der Waals surface area contributed by atoms with Gasteiger partial charge >= 0.3 is 6.03 Å². The first kappa shape index (κ1) is 25.7. The molecule has 1 N–H and O–H groups in total. The minimum absolute atomic E-state index is 0.103. The molecule has 1 aromatic carbocycles. The Morgan fingerprint density at radius 1 is 1.08 bits per heavy atom. The van der Waals surface area contributed by atoms with Gasteiger partial charge in [0.1, 0.15) is 18.1 Å². The number of aromatic nitrogens is 1. The fourth-order valence-corrected chi connectivity index (χ4v) is 5.04. The SMILES string of the molecule is CCCCCCCCOCN1C(=O)N[C@](c2cc3cnccc3o2)(N2Cc3ccc(OC)cc3C2=O)C1=O. The lowest BCUT2D eigenvalue weighted by atomic mass is 10.0. The Kier molecular flexibility index (Phi) is 7.33. The standard InChI is InChI=1S/C28H32N4O6/c1-3-4-5-6-7-8-13-37-18-31-26(34)28(30-27(31)35,24-14-20-16-29-12-11-23(20)38-24)32-17-19-9-10-21(36-2)15-22(19)25(32)33/h9-12,14-16H,3-8,13,17-18H2,1-2H3,(H,30,35)/t28-/m1/s1. The van der Waals surface area contributed by atoms with E-state index in [-0.39, 0.29) is 19.0 Å². The maximum atomic E-state index is 14.0. The summed E-state index contributed by atoms with van der Waals surface area (Å²) in [5, 5.41) is 3.42. The number of furan rings is 1. The van der Waals surface area contributed by atoms with Gasteiger partial charge in [0.25, 0.3) is 17.5 Å². The summed E-state index contributed by atoms with van der Waals surface area (Å²) >= 11 is 0. The van der Waals surface area contributed by atoms with E-state index in [1.165, 1.54) is 31.3 Å². The second kappa shape index (κ2) is 10.8. The molecule has 0 bridgehead atoms. The van der Waals surface area contributed by atoms with Gasteiger partial charge in [-0.05, 0) is 36.2 Å². The summed E-state index contributed by atoms with van der Waals surface area (Å²) < 4.78 is 17.1. The van der Waals surface area contributed by atoms with E-state index in [2.05, 4.69) is 17.2 Å². The maximum Gasteiger partial charge on any atom is 0.328 e. The van der Waals surface area contributed by atoms with Crippen LogP contribution in [0.1, 0.15) is 67.1 Å². The van der Waals surface area contributed by atoms with Gasteiger partial charge in [0, 0.05) is 30.0 Å². The van der Waals surface area contributed by atoms with E-state index in [0.717, 1.165) is 24.2 Å². The van der Waals surface area contributed by atoms with Crippen molar-refractivity contribution < 1.29 is 28.3 Å². The number of nitrogens with zero attached hydrogens (tertiary/aromatic N) is 3. The second-order valence-electron chi connectivity index (χ2n) is 9.62. The number of hydrogen-bond acceptors (Lipinski definition) is 7. The molecular formula is C28H32N4O6. The third-order valence-corrected chi connectivity index (χ3v) is 7.15. The first-order chi connectivity index (χ1) is 18.5. The van der Waals surface area contributed by atoms with Gasteiger partial charge in [0.05, 0.1) is 13.7 Å². The first-order valence-electron chi connectivity index (χ1n) is 13.0. The zero-order chi connectivity index (χ0) is 26.7. The van der Waals surface area contributed by atoms with Crippen molar-refractivity contribution in [3.05, 3.63) is 59.6 Å². The van der Waals surface area contributed by atoms with Crippen LogP contribution < -0.4 is 10.1 Å². The summed E-state index contributed by atoms with van der Waals surface area (Å²) in [6, 6.07) is 7.82. The van der Waals surface area contributed by atoms with Crippen molar-refractivity contribution in [2.24, 2.45) is 0 Å². The van der Waals surface area contributed by atoms with E-state index in [1.54, 1.807) is 42.7 Å². The number of hydrogen-bond donors (Lipinski definition) is 1. The lowest BCUT2D eigenvalue weighted by Crippen LogP contribution is -2.58. The Labute approximate surface area is 220 Å². The normalized spacial score (nSPS) is 18.9. The van der Waals surface area contributed by atoms with Crippen LogP contribution in [-0.2, 0) is 21.7 Å². The van der Waals surface area contributed by atoms with E-state index in [9.17, 15) is 14.4 Å². The zero-order valence-electron chi connectivity index (χ0n) is 21.7. The predicted octanol–water partition coefficient (Wildman–Crippen LogP) is 4.53. The fourth-order valence-electron chi connectivity index (χ4n) is 5.04. The number of pyridine rings is 1. The number of carbonyl (C=O) groups excluding carboxylic acids is 3. The largest absolute Gasteiger partial charge is 0.497 e. The molecule has 2 aromatic heterocycles. The molecule has 0 unspecified atom stereocenters. The summed E-state index contributed by atoms with van der Waals surface area (Å²) in [7, 11) is 1.52. The zero-order valence-corrected chi connectivity index (χ0v) is 21.7. The summed E-state index contributed by atoms with van der Waals surface area (Å²) in [6.07, 6.45) is 9.77. The summed E-state index contributed by atoms with van der Waals surface area (Å²) in [5.41, 5.74) is -0.266. The number of methoxy groups -OCH3 is 1. The van der Waals surface area contributed by atoms with Crippen molar-refractivity contribution in [2.75, 3.05) is 20.4 Å². The molecule has 1 atom stereocenters. The van der Waals surface area contributed by atoms with Crippen LogP contribution in [0.3, 0.4) is 0 Å². The Hall–Kier alpha value is -3.92. The van der Waals surface area contributed by atoms with Gasteiger partial charge in [0.2, 0.25) is 0 Å². The molecule has 4 heterocycles. The van der Waals surface area contributed by atoms with Gasteiger partial charge in [-0.2, -0.15) is 0 Å². The van der Waals surface area contributed by atoms with Gasteiger partial charge in [0.15, 0.2) is 5.76 Å². The Balaban J connectivity index is 1.41. The van der Waals surface area contributed by atoms with Crippen LogP contribution in [0.2, 0.25) is 0 Å². The number of unbranched alkanes of at least 4 members (excludes halogenated alkanes) is 5. The molecule has 2 aliphatic rings. The summed E-state index contributed by atoms with van der Waals surface area (Å²) in [5.74, 6) is -0.397. The first-order valence-corrected chi connectivity index (χ1v) is 13.0. The summed E-state index contributed by atoms with van der Waals surface area (Å²) in [4.78, 5) is 47.3. The highest BCUT2D eigenvalue weighted by Crippen LogP contribution is 2.41. The molecule has 38 heavy (non-hydrogen) atoms. The number of nitrogens with one attached hydrogen (secondary N) is 1. The minimum atomic E-state index is -1.87. The van der Waals surface area contributed by atoms with E-state index in [0.29, 0.717) is 34.5 Å². The van der Waals surface area contributed by atoms with Gasteiger partial charge in [-0.1, -0.05) is 45.1 Å². The monoisotopic (exact) mass is 520 g/mol. The van der Waals surface area contributed by atoms with Crippen molar-refractivity contribution in [1.29, 1.82) is 0 Å². The number of imide groups is 1. The van der Waals surface area contributed by atoms with Gasteiger partial charge in [-0.3, -0.25) is 24.8 Å². The molecule has 0 saturated carbocycles. The van der Waals surface area contributed by atoms with Crippen LogP contribution >= 0.6 is 0 Å². The average Bonchev–Trinajstić information content (AvgIpc) is 3.58. The summed E-state index contributed by atoms with van der Waals surface area (Å²) in [6.45, 7) is 2.49.